The zero-order valence-corrected chi connectivity index (χ0v) is 29.9. The van der Waals surface area contributed by atoms with Crippen molar-refractivity contribution in [3.63, 3.8) is 0 Å². The van der Waals surface area contributed by atoms with E-state index >= 15 is 0 Å². The van der Waals surface area contributed by atoms with E-state index in [4.69, 9.17) is 21.3 Å². The molecule has 0 unspecified atom stereocenters. The van der Waals surface area contributed by atoms with Gasteiger partial charge in [-0.25, -0.2) is 9.59 Å². The van der Waals surface area contributed by atoms with Crippen LogP contribution in [0.5, 0.6) is 0 Å². The van der Waals surface area contributed by atoms with Gasteiger partial charge in [-0.2, -0.15) is 0 Å². The number of hydrogen-bond donors (Lipinski definition) is 2. The molecule has 0 saturated carbocycles. The van der Waals surface area contributed by atoms with Gasteiger partial charge in [-0.3, -0.25) is 14.9 Å². The van der Waals surface area contributed by atoms with Crippen LogP contribution in [0.2, 0.25) is 0 Å². The summed E-state index contributed by atoms with van der Waals surface area (Å²) in [4.78, 5) is 51.0. The maximum atomic E-state index is 14.0. The first kappa shape index (κ1) is 36.2. The summed E-state index contributed by atoms with van der Waals surface area (Å²) in [5, 5.41) is 18.2. The number of carbonyl (C=O) groups excluding carboxylic acids is 3. The van der Waals surface area contributed by atoms with E-state index in [2.05, 4.69) is 10.6 Å². The average Bonchev–Trinajstić information content (AvgIpc) is 3.50. The Morgan fingerprint density at radius 1 is 0.750 bits per heavy atom. The second kappa shape index (κ2) is 16.1. The minimum absolute atomic E-state index is 0.0467. The second-order valence-corrected chi connectivity index (χ2v) is 17.1. The SMILES string of the molecule is C[C@H](NC(=O)[C@H](CP(=S)(c1ccccc1)c1ccccc1)NC(=O)OCC1c2ccccc2-c2ccccc21)C(=O)OCc1ccc([N+](=O)[O-])cc1. The number of esters is 1. The molecule has 0 heterocycles. The van der Waals surface area contributed by atoms with E-state index in [-0.39, 0.29) is 31.0 Å². The Kier molecular flexibility index (Phi) is 11.2. The molecule has 2 N–H and O–H groups in total. The van der Waals surface area contributed by atoms with Gasteiger partial charge in [-0.15, -0.1) is 0 Å². The number of alkyl carbamates (subject to hydrolysis) is 1. The van der Waals surface area contributed by atoms with Gasteiger partial charge in [0.25, 0.3) is 5.69 Å². The lowest BCUT2D eigenvalue weighted by Gasteiger charge is -2.29. The fourth-order valence-electron chi connectivity index (χ4n) is 6.30. The number of amides is 2. The number of carbonyl (C=O) groups is 3. The fourth-order valence-corrected chi connectivity index (χ4v) is 10.3. The van der Waals surface area contributed by atoms with Gasteiger partial charge in [0.05, 0.1) is 4.92 Å². The molecule has 5 aromatic rings. The number of nitrogens with one attached hydrogen (secondary N) is 2. The number of nitro benzene ring substituents is 1. The summed E-state index contributed by atoms with van der Waals surface area (Å²) >= 11 is 6.41. The highest BCUT2D eigenvalue weighted by molar-refractivity contribution is 8.22. The molecule has 0 spiro atoms. The van der Waals surface area contributed by atoms with E-state index in [1.807, 2.05) is 109 Å². The molecular formula is C40H36N3O7PS. The van der Waals surface area contributed by atoms with Crippen molar-refractivity contribution in [3.05, 3.63) is 160 Å². The molecule has 5 aromatic carbocycles. The highest BCUT2D eigenvalue weighted by Crippen LogP contribution is 2.45. The number of ether oxygens (including phenoxy) is 2. The van der Waals surface area contributed by atoms with Gasteiger partial charge in [0.15, 0.2) is 0 Å². The van der Waals surface area contributed by atoms with Crippen LogP contribution in [0.25, 0.3) is 11.1 Å². The van der Waals surface area contributed by atoms with Gasteiger partial charge in [-0.1, -0.05) is 121 Å². The van der Waals surface area contributed by atoms with Crippen LogP contribution in [0, 0.1) is 10.1 Å². The third-order valence-electron chi connectivity index (χ3n) is 8.98. The summed E-state index contributed by atoms with van der Waals surface area (Å²) < 4.78 is 11.2. The molecular weight excluding hydrogens is 697 g/mol. The molecule has 52 heavy (non-hydrogen) atoms. The number of benzene rings is 5. The summed E-state index contributed by atoms with van der Waals surface area (Å²) in [6.07, 6.45) is -0.727. The normalized spacial score (nSPS) is 13.2. The quantitative estimate of drug-likeness (QED) is 0.0634. The monoisotopic (exact) mass is 733 g/mol. The lowest BCUT2D eigenvalue weighted by Crippen LogP contribution is -2.53. The lowest BCUT2D eigenvalue weighted by atomic mass is 9.98. The molecule has 1 aliphatic rings. The van der Waals surface area contributed by atoms with Crippen LogP contribution in [0.3, 0.4) is 0 Å². The molecule has 0 aliphatic heterocycles. The molecule has 2 atom stereocenters. The van der Waals surface area contributed by atoms with Crippen LogP contribution < -0.4 is 21.2 Å². The molecule has 0 fully saturated rings. The molecule has 10 nitrogen and oxygen atoms in total. The Balaban J connectivity index is 1.20. The van der Waals surface area contributed by atoms with Gasteiger partial charge >= 0.3 is 12.1 Å². The van der Waals surface area contributed by atoms with Crippen molar-refractivity contribution in [2.24, 2.45) is 0 Å². The van der Waals surface area contributed by atoms with Crippen LogP contribution in [-0.2, 0) is 37.5 Å². The van der Waals surface area contributed by atoms with Gasteiger partial charge < -0.3 is 20.1 Å². The average molecular weight is 734 g/mol. The second-order valence-electron chi connectivity index (χ2n) is 12.4. The van der Waals surface area contributed by atoms with Crippen LogP contribution in [0.4, 0.5) is 10.5 Å². The molecule has 0 radical (unpaired) electrons. The van der Waals surface area contributed by atoms with Crippen LogP contribution in [-0.4, -0.2) is 47.7 Å². The van der Waals surface area contributed by atoms with Crippen molar-refractivity contribution in [1.82, 2.24) is 10.6 Å². The Hall–Kier alpha value is -5.64. The first-order chi connectivity index (χ1) is 25.1. The third kappa shape index (κ3) is 8.12. The summed E-state index contributed by atoms with van der Waals surface area (Å²) in [5.74, 6) is -1.54. The molecule has 0 bridgehead atoms. The predicted octanol–water partition coefficient (Wildman–Crippen LogP) is 6.18. The minimum Gasteiger partial charge on any atom is -0.459 e. The zero-order chi connectivity index (χ0) is 36.7. The van der Waals surface area contributed by atoms with Crippen molar-refractivity contribution >= 4 is 52.1 Å². The molecule has 2 amide bonds. The Labute approximate surface area is 306 Å². The first-order valence-corrected chi connectivity index (χ1v) is 19.6. The van der Waals surface area contributed by atoms with Crippen LogP contribution in [0.15, 0.2) is 133 Å². The number of non-ortho nitro benzene ring substituents is 1. The highest BCUT2D eigenvalue weighted by atomic mass is 32.4. The largest absolute Gasteiger partial charge is 0.459 e. The third-order valence-corrected chi connectivity index (χ3v) is 13.8. The number of hydrogen-bond acceptors (Lipinski definition) is 8. The van der Waals surface area contributed by atoms with Crippen molar-refractivity contribution in [2.45, 2.75) is 31.5 Å². The maximum Gasteiger partial charge on any atom is 0.407 e. The van der Waals surface area contributed by atoms with Gasteiger partial charge in [0, 0.05) is 30.3 Å². The summed E-state index contributed by atoms with van der Waals surface area (Å²) in [5.41, 5.74) is 4.73. The van der Waals surface area contributed by atoms with Crippen molar-refractivity contribution in [1.29, 1.82) is 0 Å². The van der Waals surface area contributed by atoms with E-state index in [1.165, 1.54) is 31.2 Å². The molecule has 0 saturated heterocycles. The van der Waals surface area contributed by atoms with E-state index in [0.29, 0.717) is 5.56 Å². The number of nitro groups is 1. The molecule has 1 aliphatic carbocycles. The van der Waals surface area contributed by atoms with E-state index in [9.17, 15) is 24.5 Å². The van der Waals surface area contributed by atoms with E-state index in [1.54, 1.807) is 0 Å². The maximum absolute atomic E-state index is 14.0. The van der Waals surface area contributed by atoms with Crippen molar-refractivity contribution in [3.8, 4) is 11.1 Å². The summed E-state index contributed by atoms with van der Waals surface area (Å²) in [6, 6.07) is 35.7. The summed E-state index contributed by atoms with van der Waals surface area (Å²) in [7, 11) is 0. The zero-order valence-electron chi connectivity index (χ0n) is 28.2. The lowest BCUT2D eigenvalue weighted by molar-refractivity contribution is -0.384. The molecule has 264 valence electrons. The smallest absolute Gasteiger partial charge is 0.407 e. The van der Waals surface area contributed by atoms with Gasteiger partial charge in [0.2, 0.25) is 5.91 Å². The van der Waals surface area contributed by atoms with E-state index in [0.717, 1.165) is 32.9 Å². The first-order valence-electron chi connectivity index (χ1n) is 16.7. The molecule has 6 rings (SSSR count). The number of nitrogens with zero attached hydrogens (tertiary/aromatic N) is 1. The predicted molar refractivity (Wildman–Crippen MR) is 204 cm³/mol. The number of fused-ring (bicyclic) bond motifs is 3. The van der Waals surface area contributed by atoms with Gasteiger partial charge in [0.1, 0.15) is 25.3 Å². The topological polar surface area (TPSA) is 137 Å². The van der Waals surface area contributed by atoms with Crippen LogP contribution in [0.1, 0.15) is 29.5 Å². The van der Waals surface area contributed by atoms with Crippen LogP contribution >= 0.6 is 6.04 Å². The Morgan fingerprint density at radius 2 is 1.27 bits per heavy atom. The standard InChI is InChI=1S/C40H36N3O7PS/c1-27(39(45)49-24-28-20-22-29(23-21-28)43(47)48)41-38(44)37(26-51(52,30-12-4-2-5-13-30)31-14-6-3-7-15-31)42-40(46)50-25-36-34-18-10-8-16-32(34)33-17-9-11-19-35(33)36/h2-23,27,36-37H,24-26H2,1H3,(H,41,44)(H,42,46)/t27-,37-/m0/s1. The Bertz CT molecular complexity index is 2040. The summed E-state index contributed by atoms with van der Waals surface area (Å²) in [6.45, 7) is 1.37. The molecule has 0 aromatic heterocycles. The minimum atomic E-state index is -2.71. The fraction of sp³-hybridized carbons (Fsp3) is 0.175. The highest BCUT2D eigenvalue weighted by Gasteiger charge is 2.34. The van der Waals surface area contributed by atoms with Crippen molar-refractivity contribution < 1.29 is 28.8 Å². The van der Waals surface area contributed by atoms with Crippen molar-refractivity contribution in [2.75, 3.05) is 12.8 Å². The molecule has 12 heteroatoms. The Morgan fingerprint density at radius 3 is 1.81 bits per heavy atom. The van der Waals surface area contributed by atoms with Gasteiger partial charge in [-0.05, 0) is 57.5 Å². The van der Waals surface area contributed by atoms with E-state index < -0.39 is 41.0 Å². The number of rotatable bonds is 13.